The van der Waals surface area contributed by atoms with Crippen LogP contribution in [0, 0.1) is 10.8 Å². The number of hydrogen-bond donors (Lipinski definition) is 2. The molecular weight excluding hydrogens is 268 g/mol. The first-order valence-corrected chi connectivity index (χ1v) is 8.16. The molecular formula is C20H30N2. The first-order valence-electron chi connectivity index (χ1n) is 8.16. The fraction of sp³-hybridized carbons (Fsp3) is 0.500. The molecule has 22 heavy (non-hydrogen) atoms. The number of hydrogen-bond acceptors (Lipinski definition) is 2. The highest BCUT2D eigenvalue weighted by atomic mass is 14.6. The molecule has 0 saturated carbocycles. The van der Waals surface area contributed by atoms with Crippen molar-refractivity contribution in [3.63, 3.8) is 0 Å². The van der Waals surface area contributed by atoms with Gasteiger partial charge in [0.2, 0.25) is 0 Å². The summed E-state index contributed by atoms with van der Waals surface area (Å²) < 4.78 is 0. The average molecular weight is 298 g/mol. The van der Waals surface area contributed by atoms with Crippen molar-refractivity contribution in [2.75, 3.05) is 13.1 Å². The SMILES string of the molecule is CC(C)(CN)Cc1ccc2cc(CC(C)(C)CN)ccc2c1. The van der Waals surface area contributed by atoms with Gasteiger partial charge in [0, 0.05) is 0 Å². The minimum absolute atomic E-state index is 0.152. The number of nitrogens with two attached hydrogens (primary N) is 2. The lowest BCUT2D eigenvalue weighted by atomic mass is 9.84. The third kappa shape index (κ3) is 4.31. The summed E-state index contributed by atoms with van der Waals surface area (Å²) in [7, 11) is 0. The summed E-state index contributed by atoms with van der Waals surface area (Å²) in [6.45, 7) is 10.3. The summed E-state index contributed by atoms with van der Waals surface area (Å²) >= 11 is 0. The Morgan fingerprint density at radius 2 is 1.05 bits per heavy atom. The Hall–Kier alpha value is -1.38. The molecule has 0 fully saturated rings. The summed E-state index contributed by atoms with van der Waals surface area (Å²) in [6.07, 6.45) is 2.03. The topological polar surface area (TPSA) is 52.0 Å². The van der Waals surface area contributed by atoms with Gasteiger partial charge in [-0.25, -0.2) is 0 Å². The molecule has 0 aliphatic carbocycles. The summed E-state index contributed by atoms with van der Waals surface area (Å²) in [5, 5.41) is 2.61. The van der Waals surface area contributed by atoms with E-state index in [1.807, 2.05) is 0 Å². The van der Waals surface area contributed by atoms with Crippen molar-refractivity contribution in [2.24, 2.45) is 22.3 Å². The smallest absolute Gasteiger partial charge is 0.00226 e. The molecule has 2 aromatic rings. The zero-order chi connectivity index (χ0) is 16.4. The van der Waals surface area contributed by atoms with Crippen molar-refractivity contribution < 1.29 is 0 Å². The van der Waals surface area contributed by atoms with E-state index in [9.17, 15) is 0 Å². The van der Waals surface area contributed by atoms with Crippen LogP contribution in [-0.2, 0) is 12.8 Å². The van der Waals surface area contributed by atoms with Gasteiger partial charge >= 0.3 is 0 Å². The van der Waals surface area contributed by atoms with E-state index in [0.717, 1.165) is 12.8 Å². The number of rotatable bonds is 6. The predicted octanol–water partition coefficient (Wildman–Crippen LogP) is 3.89. The predicted molar refractivity (Wildman–Crippen MR) is 97.0 cm³/mol. The van der Waals surface area contributed by atoms with Gasteiger partial charge in [0.25, 0.3) is 0 Å². The summed E-state index contributed by atoms with van der Waals surface area (Å²) in [6, 6.07) is 13.5. The summed E-state index contributed by atoms with van der Waals surface area (Å²) in [5.74, 6) is 0. The van der Waals surface area contributed by atoms with Crippen molar-refractivity contribution in [1.82, 2.24) is 0 Å². The zero-order valence-corrected chi connectivity index (χ0v) is 14.4. The van der Waals surface area contributed by atoms with Crippen molar-refractivity contribution in [3.05, 3.63) is 47.5 Å². The van der Waals surface area contributed by atoms with Crippen LogP contribution in [0.15, 0.2) is 36.4 Å². The average Bonchev–Trinajstić information content (AvgIpc) is 2.47. The maximum atomic E-state index is 5.85. The first-order chi connectivity index (χ1) is 10.2. The molecule has 0 atom stereocenters. The van der Waals surface area contributed by atoms with Crippen LogP contribution < -0.4 is 11.5 Å². The lowest BCUT2D eigenvalue weighted by Crippen LogP contribution is -2.26. The van der Waals surface area contributed by atoms with Crippen molar-refractivity contribution >= 4 is 10.8 Å². The Bertz CT molecular complexity index is 584. The molecule has 0 radical (unpaired) electrons. The second-order valence-corrected chi connectivity index (χ2v) is 8.11. The van der Waals surface area contributed by atoms with E-state index in [1.54, 1.807) is 0 Å². The van der Waals surface area contributed by atoms with Gasteiger partial charge in [-0.05, 0) is 58.7 Å². The lowest BCUT2D eigenvalue weighted by Gasteiger charge is -2.23. The number of fused-ring (bicyclic) bond motifs is 1. The molecule has 0 unspecified atom stereocenters. The van der Waals surface area contributed by atoms with Crippen LogP contribution in [-0.4, -0.2) is 13.1 Å². The fourth-order valence-electron chi connectivity index (χ4n) is 2.81. The first kappa shape index (κ1) is 17.0. The minimum Gasteiger partial charge on any atom is -0.330 e. The Morgan fingerprint density at radius 3 is 1.36 bits per heavy atom. The molecule has 0 heterocycles. The van der Waals surface area contributed by atoms with Gasteiger partial charge in [-0.1, -0.05) is 64.1 Å². The monoisotopic (exact) mass is 298 g/mol. The minimum atomic E-state index is 0.152. The van der Waals surface area contributed by atoms with E-state index in [-0.39, 0.29) is 10.8 Å². The van der Waals surface area contributed by atoms with E-state index in [2.05, 4.69) is 64.1 Å². The summed E-state index contributed by atoms with van der Waals surface area (Å²) in [4.78, 5) is 0. The maximum absolute atomic E-state index is 5.85. The molecule has 2 heteroatoms. The zero-order valence-electron chi connectivity index (χ0n) is 14.4. The fourth-order valence-corrected chi connectivity index (χ4v) is 2.81. The molecule has 0 aliphatic rings. The largest absolute Gasteiger partial charge is 0.330 e. The second kappa shape index (κ2) is 6.39. The summed E-state index contributed by atoms with van der Waals surface area (Å²) in [5.41, 5.74) is 14.7. The molecule has 2 rings (SSSR count). The quantitative estimate of drug-likeness (QED) is 0.850. The molecule has 0 aliphatic heterocycles. The van der Waals surface area contributed by atoms with Crippen molar-refractivity contribution in [2.45, 2.75) is 40.5 Å². The van der Waals surface area contributed by atoms with Crippen LogP contribution in [0.1, 0.15) is 38.8 Å². The van der Waals surface area contributed by atoms with E-state index in [1.165, 1.54) is 21.9 Å². The van der Waals surface area contributed by atoms with Crippen LogP contribution in [0.5, 0.6) is 0 Å². The van der Waals surface area contributed by atoms with E-state index in [4.69, 9.17) is 11.5 Å². The molecule has 0 saturated heterocycles. The molecule has 0 bridgehead atoms. The Kier molecular flexibility index (Phi) is 4.93. The van der Waals surface area contributed by atoms with Crippen molar-refractivity contribution in [1.29, 1.82) is 0 Å². The highest BCUT2D eigenvalue weighted by molar-refractivity contribution is 5.83. The second-order valence-electron chi connectivity index (χ2n) is 8.11. The lowest BCUT2D eigenvalue weighted by molar-refractivity contribution is 0.376. The molecule has 0 aromatic heterocycles. The maximum Gasteiger partial charge on any atom is -0.00226 e. The van der Waals surface area contributed by atoms with Gasteiger partial charge in [-0.3, -0.25) is 0 Å². The van der Waals surface area contributed by atoms with Gasteiger partial charge in [0.1, 0.15) is 0 Å². The molecule has 4 N–H and O–H groups in total. The third-order valence-corrected chi connectivity index (χ3v) is 4.44. The highest BCUT2D eigenvalue weighted by Crippen LogP contribution is 2.26. The van der Waals surface area contributed by atoms with Gasteiger partial charge in [0.15, 0.2) is 0 Å². The molecule has 2 nitrogen and oxygen atoms in total. The highest BCUT2D eigenvalue weighted by Gasteiger charge is 2.17. The molecule has 0 spiro atoms. The Balaban J connectivity index is 2.25. The van der Waals surface area contributed by atoms with Gasteiger partial charge < -0.3 is 11.5 Å². The van der Waals surface area contributed by atoms with Crippen molar-refractivity contribution in [3.8, 4) is 0 Å². The number of benzene rings is 2. The van der Waals surface area contributed by atoms with Gasteiger partial charge in [-0.15, -0.1) is 0 Å². The van der Waals surface area contributed by atoms with Crippen LogP contribution >= 0.6 is 0 Å². The third-order valence-electron chi connectivity index (χ3n) is 4.44. The van der Waals surface area contributed by atoms with Crippen LogP contribution in [0.25, 0.3) is 10.8 Å². The van der Waals surface area contributed by atoms with Gasteiger partial charge in [-0.2, -0.15) is 0 Å². The van der Waals surface area contributed by atoms with E-state index >= 15 is 0 Å². The van der Waals surface area contributed by atoms with Crippen LogP contribution in [0.2, 0.25) is 0 Å². The normalized spacial score (nSPS) is 12.8. The molecule has 2 aromatic carbocycles. The Morgan fingerprint density at radius 1 is 0.682 bits per heavy atom. The molecule has 0 amide bonds. The van der Waals surface area contributed by atoms with Gasteiger partial charge in [0.05, 0.1) is 0 Å². The molecule has 120 valence electrons. The Labute approximate surface area is 134 Å². The van der Waals surface area contributed by atoms with Crippen LogP contribution in [0.3, 0.4) is 0 Å². The van der Waals surface area contributed by atoms with Crippen LogP contribution in [0.4, 0.5) is 0 Å². The van der Waals surface area contributed by atoms with E-state index < -0.39 is 0 Å². The van der Waals surface area contributed by atoms with E-state index in [0.29, 0.717) is 13.1 Å². The standard InChI is InChI=1S/C20H30N2/c1-19(2,13-21)11-15-5-7-18-10-16(6-8-17(18)9-15)12-20(3,4)14-22/h5-10H,11-14,21-22H2,1-4H3.